The summed E-state index contributed by atoms with van der Waals surface area (Å²) in [6.07, 6.45) is 0.458. The van der Waals surface area contributed by atoms with Crippen LogP contribution in [0.15, 0.2) is 42.5 Å². The van der Waals surface area contributed by atoms with Gasteiger partial charge in [-0.15, -0.1) is 0 Å². The fourth-order valence-corrected chi connectivity index (χ4v) is 3.30. The van der Waals surface area contributed by atoms with Crippen LogP contribution in [-0.2, 0) is 13.0 Å². The van der Waals surface area contributed by atoms with E-state index in [1.165, 1.54) is 11.1 Å². The number of hydrogen-bond acceptors (Lipinski definition) is 3. The Balaban J connectivity index is 1.51. The smallest absolute Gasteiger partial charge is 0.138 e. The van der Waals surface area contributed by atoms with E-state index in [0.29, 0.717) is 22.3 Å². The maximum absolute atomic E-state index is 10.2. The minimum absolute atomic E-state index is 0.208. The summed E-state index contributed by atoms with van der Waals surface area (Å²) in [5.41, 5.74) is 2.75. The quantitative estimate of drug-likeness (QED) is 0.889. The Morgan fingerprint density at radius 3 is 2.70 bits per heavy atom. The number of halogens is 2. The number of aliphatic hydroxyl groups excluding tert-OH is 1. The number of fused-ring (bicyclic) bond motifs is 1. The van der Waals surface area contributed by atoms with Crippen LogP contribution in [0, 0.1) is 0 Å². The van der Waals surface area contributed by atoms with E-state index in [2.05, 4.69) is 29.2 Å². The van der Waals surface area contributed by atoms with Gasteiger partial charge in [-0.25, -0.2) is 0 Å². The Hall–Kier alpha value is -1.26. The normalized spacial score (nSPS) is 16.0. The molecule has 0 aromatic heterocycles. The molecule has 1 aliphatic rings. The number of nitrogens with zero attached hydrogens (tertiary/aromatic N) is 1. The van der Waals surface area contributed by atoms with Crippen molar-refractivity contribution in [2.24, 2.45) is 0 Å². The average molecular weight is 352 g/mol. The van der Waals surface area contributed by atoms with Gasteiger partial charge in [0, 0.05) is 24.7 Å². The highest BCUT2D eigenvalue weighted by Crippen LogP contribution is 2.27. The second kappa shape index (κ2) is 7.54. The molecule has 23 heavy (non-hydrogen) atoms. The van der Waals surface area contributed by atoms with E-state index in [-0.39, 0.29) is 6.61 Å². The van der Waals surface area contributed by atoms with Crippen molar-refractivity contribution in [1.82, 2.24) is 4.90 Å². The van der Waals surface area contributed by atoms with Gasteiger partial charge in [-0.2, -0.15) is 0 Å². The second-order valence-electron chi connectivity index (χ2n) is 5.79. The minimum Gasteiger partial charge on any atom is -0.489 e. The molecule has 5 heteroatoms. The van der Waals surface area contributed by atoms with E-state index in [4.69, 9.17) is 27.9 Å². The van der Waals surface area contributed by atoms with Crippen molar-refractivity contribution >= 4 is 23.2 Å². The monoisotopic (exact) mass is 351 g/mol. The van der Waals surface area contributed by atoms with Crippen molar-refractivity contribution in [3.05, 3.63) is 63.6 Å². The SMILES string of the molecule is O[C@H](COc1ccc(Cl)cc1Cl)CN1CCc2ccccc2C1. The van der Waals surface area contributed by atoms with E-state index in [9.17, 15) is 5.11 Å². The Morgan fingerprint density at radius 2 is 1.91 bits per heavy atom. The van der Waals surface area contributed by atoms with Gasteiger partial charge in [-0.1, -0.05) is 47.5 Å². The van der Waals surface area contributed by atoms with Gasteiger partial charge >= 0.3 is 0 Å². The van der Waals surface area contributed by atoms with Crippen molar-refractivity contribution in [2.45, 2.75) is 19.1 Å². The lowest BCUT2D eigenvalue weighted by Gasteiger charge is -2.30. The largest absolute Gasteiger partial charge is 0.489 e. The molecule has 3 nitrogen and oxygen atoms in total. The van der Waals surface area contributed by atoms with Crippen LogP contribution in [0.1, 0.15) is 11.1 Å². The van der Waals surface area contributed by atoms with E-state index >= 15 is 0 Å². The molecule has 0 spiro atoms. The zero-order valence-electron chi connectivity index (χ0n) is 12.7. The fraction of sp³-hybridized carbons (Fsp3) is 0.333. The molecule has 0 bridgehead atoms. The molecule has 122 valence electrons. The zero-order chi connectivity index (χ0) is 16.2. The van der Waals surface area contributed by atoms with Crippen molar-refractivity contribution in [3.63, 3.8) is 0 Å². The Labute approximate surface area is 146 Å². The lowest BCUT2D eigenvalue weighted by Crippen LogP contribution is -2.38. The van der Waals surface area contributed by atoms with Gasteiger partial charge in [-0.05, 0) is 35.7 Å². The summed E-state index contributed by atoms with van der Waals surface area (Å²) in [6, 6.07) is 13.5. The summed E-state index contributed by atoms with van der Waals surface area (Å²) in [5, 5.41) is 11.2. The maximum atomic E-state index is 10.2. The Morgan fingerprint density at radius 1 is 1.13 bits per heavy atom. The molecule has 0 fully saturated rings. The first-order valence-electron chi connectivity index (χ1n) is 7.67. The number of hydrogen-bond donors (Lipinski definition) is 1. The maximum Gasteiger partial charge on any atom is 0.138 e. The van der Waals surface area contributed by atoms with Crippen LogP contribution in [0.2, 0.25) is 10.0 Å². The van der Waals surface area contributed by atoms with Crippen LogP contribution in [0.5, 0.6) is 5.75 Å². The molecule has 1 N–H and O–H groups in total. The van der Waals surface area contributed by atoms with Gasteiger partial charge < -0.3 is 9.84 Å². The van der Waals surface area contributed by atoms with Crippen LogP contribution in [0.4, 0.5) is 0 Å². The van der Waals surface area contributed by atoms with E-state index in [1.54, 1.807) is 18.2 Å². The Bertz CT molecular complexity index is 678. The second-order valence-corrected chi connectivity index (χ2v) is 6.64. The summed E-state index contributed by atoms with van der Waals surface area (Å²) >= 11 is 11.9. The molecular formula is C18H19Cl2NO2. The van der Waals surface area contributed by atoms with E-state index in [1.807, 2.05) is 0 Å². The number of ether oxygens (including phenoxy) is 1. The van der Waals surface area contributed by atoms with Gasteiger partial charge in [0.05, 0.1) is 5.02 Å². The summed E-state index contributed by atoms with van der Waals surface area (Å²) in [6.45, 7) is 2.61. The zero-order valence-corrected chi connectivity index (χ0v) is 14.2. The molecule has 0 saturated carbocycles. The van der Waals surface area contributed by atoms with Crippen molar-refractivity contribution in [1.29, 1.82) is 0 Å². The standard InChI is InChI=1S/C18H19Cl2NO2/c19-15-5-6-18(17(20)9-15)23-12-16(22)11-21-8-7-13-3-1-2-4-14(13)10-21/h1-6,9,16,22H,7-8,10-12H2/t16-/m0/s1. The molecule has 1 heterocycles. The molecular weight excluding hydrogens is 333 g/mol. The molecule has 2 aromatic carbocycles. The first-order chi connectivity index (χ1) is 11.1. The molecule has 0 radical (unpaired) electrons. The van der Waals surface area contributed by atoms with Crippen molar-refractivity contribution in [3.8, 4) is 5.75 Å². The van der Waals surface area contributed by atoms with Crippen LogP contribution in [0.3, 0.4) is 0 Å². The third-order valence-electron chi connectivity index (χ3n) is 4.00. The average Bonchev–Trinajstić information content (AvgIpc) is 2.54. The highest BCUT2D eigenvalue weighted by atomic mass is 35.5. The molecule has 3 rings (SSSR count). The fourth-order valence-electron chi connectivity index (χ4n) is 2.84. The van der Waals surface area contributed by atoms with Gasteiger partial charge in [0.15, 0.2) is 0 Å². The predicted octanol–water partition coefficient (Wildman–Crippen LogP) is 3.79. The molecule has 1 aliphatic heterocycles. The number of benzene rings is 2. The molecule has 0 saturated heterocycles. The molecule has 1 atom stereocenters. The number of β-amino-alcohol motifs (C(OH)–C–C–N with tert-alkyl or cyclic N) is 1. The first kappa shape index (κ1) is 16.6. The van der Waals surface area contributed by atoms with Crippen LogP contribution in [-0.4, -0.2) is 35.8 Å². The highest BCUT2D eigenvalue weighted by molar-refractivity contribution is 6.35. The summed E-state index contributed by atoms with van der Waals surface area (Å²) in [7, 11) is 0. The van der Waals surface area contributed by atoms with Gasteiger partial charge in [0.2, 0.25) is 0 Å². The first-order valence-corrected chi connectivity index (χ1v) is 8.42. The topological polar surface area (TPSA) is 32.7 Å². The van der Waals surface area contributed by atoms with E-state index in [0.717, 1.165) is 19.5 Å². The third-order valence-corrected chi connectivity index (χ3v) is 4.53. The highest BCUT2D eigenvalue weighted by Gasteiger charge is 2.18. The molecule has 0 amide bonds. The minimum atomic E-state index is -0.563. The Kier molecular flexibility index (Phi) is 5.44. The van der Waals surface area contributed by atoms with Crippen molar-refractivity contribution < 1.29 is 9.84 Å². The van der Waals surface area contributed by atoms with Crippen LogP contribution in [0.25, 0.3) is 0 Å². The number of rotatable bonds is 5. The predicted molar refractivity (Wildman–Crippen MR) is 93.4 cm³/mol. The van der Waals surface area contributed by atoms with E-state index < -0.39 is 6.10 Å². The lowest BCUT2D eigenvalue weighted by molar-refractivity contribution is 0.0638. The van der Waals surface area contributed by atoms with Crippen molar-refractivity contribution in [2.75, 3.05) is 19.7 Å². The van der Waals surface area contributed by atoms with Gasteiger partial charge in [0.25, 0.3) is 0 Å². The molecule has 0 aliphatic carbocycles. The molecule has 0 unspecified atom stereocenters. The molecule has 2 aromatic rings. The third kappa shape index (κ3) is 4.39. The van der Waals surface area contributed by atoms with Gasteiger partial charge in [0.1, 0.15) is 18.5 Å². The summed E-state index contributed by atoms with van der Waals surface area (Å²) in [4.78, 5) is 2.25. The van der Waals surface area contributed by atoms with Crippen LogP contribution < -0.4 is 4.74 Å². The lowest BCUT2D eigenvalue weighted by atomic mass is 10.00. The number of aliphatic hydroxyl groups is 1. The van der Waals surface area contributed by atoms with Gasteiger partial charge in [-0.3, -0.25) is 4.90 Å². The summed E-state index contributed by atoms with van der Waals surface area (Å²) < 4.78 is 5.60. The van der Waals surface area contributed by atoms with Crippen LogP contribution >= 0.6 is 23.2 Å². The summed E-state index contributed by atoms with van der Waals surface area (Å²) in [5.74, 6) is 0.541.